The standard InChI is InChI=1S/C14H28N2O2/c17-9-2-1-5-15-6-3-4-14(12-15)13-16-7-10-18-11-8-16/h14,17H,1-13H2. The summed E-state index contributed by atoms with van der Waals surface area (Å²) in [5.41, 5.74) is 0. The van der Waals surface area contributed by atoms with Crippen LogP contribution in [0.3, 0.4) is 0 Å². The third-order valence-electron chi connectivity index (χ3n) is 4.11. The summed E-state index contributed by atoms with van der Waals surface area (Å²) in [6, 6.07) is 0. The Morgan fingerprint density at radius 1 is 1.06 bits per heavy atom. The van der Waals surface area contributed by atoms with E-state index in [9.17, 15) is 0 Å². The number of ether oxygens (including phenoxy) is 1. The van der Waals surface area contributed by atoms with Crippen molar-refractivity contribution in [3.05, 3.63) is 0 Å². The molecular formula is C14H28N2O2. The zero-order valence-electron chi connectivity index (χ0n) is 11.5. The van der Waals surface area contributed by atoms with Crippen LogP contribution in [0.4, 0.5) is 0 Å². The third-order valence-corrected chi connectivity index (χ3v) is 4.11. The Morgan fingerprint density at radius 3 is 2.67 bits per heavy atom. The minimum Gasteiger partial charge on any atom is -0.396 e. The Morgan fingerprint density at radius 2 is 1.89 bits per heavy atom. The quantitative estimate of drug-likeness (QED) is 0.713. The highest BCUT2D eigenvalue weighted by atomic mass is 16.5. The molecule has 0 aromatic heterocycles. The van der Waals surface area contributed by atoms with Gasteiger partial charge < -0.3 is 14.7 Å². The summed E-state index contributed by atoms with van der Waals surface area (Å²) in [6.45, 7) is 9.31. The molecule has 0 bridgehead atoms. The minimum atomic E-state index is 0.338. The fraction of sp³-hybridized carbons (Fsp3) is 1.00. The summed E-state index contributed by atoms with van der Waals surface area (Å²) in [6.07, 6.45) is 4.81. The summed E-state index contributed by atoms with van der Waals surface area (Å²) in [5, 5.41) is 8.83. The topological polar surface area (TPSA) is 35.9 Å². The monoisotopic (exact) mass is 256 g/mol. The number of unbranched alkanes of at least 4 members (excludes halogenated alkanes) is 1. The van der Waals surface area contributed by atoms with E-state index >= 15 is 0 Å². The van der Waals surface area contributed by atoms with Crippen molar-refractivity contribution in [3.63, 3.8) is 0 Å². The lowest BCUT2D eigenvalue weighted by Gasteiger charge is -2.36. The zero-order chi connectivity index (χ0) is 12.6. The molecule has 1 unspecified atom stereocenters. The molecule has 1 N–H and O–H groups in total. The Hall–Kier alpha value is -0.160. The smallest absolute Gasteiger partial charge is 0.0594 e. The van der Waals surface area contributed by atoms with Crippen LogP contribution in [0, 0.1) is 5.92 Å². The Bertz CT molecular complexity index is 220. The first-order chi connectivity index (χ1) is 8.88. The van der Waals surface area contributed by atoms with Gasteiger partial charge in [-0.3, -0.25) is 4.90 Å². The van der Waals surface area contributed by atoms with E-state index in [0.29, 0.717) is 6.61 Å². The first kappa shape index (κ1) is 14.3. The van der Waals surface area contributed by atoms with Crippen LogP contribution >= 0.6 is 0 Å². The summed E-state index contributed by atoms with van der Waals surface area (Å²) < 4.78 is 5.40. The van der Waals surface area contributed by atoms with Crippen molar-refractivity contribution in [2.45, 2.75) is 25.7 Å². The van der Waals surface area contributed by atoms with Crippen LogP contribution in [-0.4, -0.2) is 74.0 Å². The van der Waals surface area contributed by atoms with E-state index in [1.165, 1.54) is 39.0 Å². The van der Waals surface area contributed by atoms with E-state index in [4.69, 9.17) is 9.84 Å². The van der Waals surface area contributed by atoms with Gasteiger partial charge in [0.25, 0.3) is 0 Å². The molecule has 0 radical (unpaired) electrons. The maximum atomic E-state index is 8.83. The van der Waals surface area contributed by atoms with Gasteiger partial charge in [0.2, 0.25) is 0 Å². The number of likely N-dealkylation sites (tertiary alicyclic amines) is 1. The summed E-state index contributed by atoms with van der Waals surface area (Å²) >= 11 is 0. The maximum absolute atomic E-state index is 8.83. The molecule has 2 saturated heterocycles. The fourth-order valence-electron chi connectivity index (χ4n) is 3.10. The highest BCUT2D eigenvalue weighted by molar-refractivity contribution is 4.76. The van der Waals surface area contributed by atoms with E-state index in [2.05, 4.69) is 9.80 Å². The second-order valence-electron chi connectivity index (χ2n) is 5.65. The molecule has 2 fully saturated rings. The van der Waals surface area contributed by atoms with Crippen LogP contribution in [0.5, 0.6) is 0 Å². The molecule has 106 valence electrons. The molecule has 2 heterocycles. The number of aliphatic hydroxyl groups is 1. The van der Waals surface area contributed by atoms with Gasteiger partial charge in [0, 0.05) is 32.8 Å². The predicted octanol–water partition coefficient (Wildman–Crippen LogP) is 0.803. The van der Waals surface area contributed by atoms with Crippen molar-refractivity contribution in [1.82, 2.24) is 9.80 Å². The zero-order valence-corrected chi connectivity index (χ0v) is 11.5. The van der Waals surface area contributed by atoms with Gasteiger partial charge in [0.1, 0.15) is 0 Å². The summed E-state index contributed by atoms with van der Waals surface area (Å²) in [7, 11) is 0. The largest absolute Gasteiger partial charge is 0.396 e. The second-order valence-corrected chi connectivity index (χ2v) is 5.65. The molecule has 4 nitrogen and oxygen atoms in total. The maximum Gasteiger partial charge on any atom is 0.0594 e. The average molecular weight is 256 g/mol. The molecule has 2 aliphatic rings. The van der Waals surface area contributed by atoms with Crippen LogP contribution in [-0.2, 0) is 4.74 Å². The van der Waals surface area contributed by atoms with E-state index in [0.717, 1.165) is 45.1 Å². The van der Waals surface area contributed by atoms with Crippen molar-refractivity contribution in [1.29, 1.82) is 0 Å². The molecule has 18 heavy (non-hydrogen) atoms. The molecule has 4 heteroatoms. The molecule has 0 saturated carbocycles. The number of rotatable bonds is 6. The predicted molar refractivity (Wildman–Crippen MR) is 72.7 cm³/mol. The number of aliphatic hydroxyl groups excluding tert-OH is 1. The molecular weight excluding hydrogens is 228 g/mol. The van der Waals surface area contributed by atoms with E-state index in [1.807, 2.05) is 0 Å². The average Bonchev–Trinajstić information content (AvgIpc) is 2.41. The van der Waals surface area contributed by atoms with Crippen LogP contribution < -0.4 is 0 Å². The Labute approximate surface area is 111 Å². The van der Waals surface area contributed by atoms with Crippen LogP contribution in [0.2, 0.25) is 0 Å². The SMILES string of the molecule is OCCCCN1CCCC(CN2CCOCC2)C1. The molecule has 2 aliphatic heterocycles. The van der Waals surface area contributed by atoms with Crippen molar-refractivity contribution in [3.8, 4) is 0 Å². The summed E-state index contributed by atoms with van der Waals surface area (Å²) in [4.78, 5) is 5.15. The Balaban J connectivity index is 1.65. The highest BCUT2D eigenvalue weighted by Gasteiger charge is 2.22. The van der Waals surface area contributed by atoms with Gasteiger partial charge >= 0.3 is 0 Å². The van der Waals surface area contributed by atoms with Crippen molar-refractivity contribution < 1.29 is 9.84 Å². The summed E-state index contributed by atoms with van der Waals surface area (Å²) in [5.74, 6) is 0.839. The van der Waals surface area contributed by atoms with Gasteiger partial charge in [0.15, 0.2) is 0 Å². The first-order valence-electron chi connectivity index (χ1n) is 7.52. The number of nitrogens with zero attached hydrogens (tertiary/aromatic N) is 2. The van der Waals surface area contributed by atoms with Gasteiger partial charge in [-0.15, -0.1) is 0 Å². The van der Waals surface area contributed by atoms with Crippen LogP contribution in [0.1, 0.15) is 25.7 Å². The molecule has 0 spiro atoms. The van der Waals surface area contributed by atoms with Crippen molar-refractivity contribution in [2.75, 3.05) is 59.1 Å². The first-order valence-corrected chi connectivity index (χ1v) is 7.52. The fourth-order valence-corrected chi connectivity index (χ4v) is 3.10. The van der Waals surface area contributed by atoms with Gasteiger partial charge in [0.05, 0.1) is 13.2 Å². The van der Waals surface area contributed by atoms with Crippen molar-refractivity contribution in [2.24, 2.45) is 5.92 Å². The van der Waals surface area contributed by atoms with Gasteiger partial charge in [-0.1, -0.05) is 0 Å². The Kier molecular flexibility index (Phi) is 6.41. The third kappa shape index (κ3) is 4.84. The van der Waals surface area contributed by atoms with Gasteiger partial charge in [-0.2, -0.15) is 0 Å². The highest BCUT2D eigenvalue weighted by Crippen LogP contribution is 2.18. The normalized spacial score (nSPS) is 27.5. The lowest BCUT2D eigenvalue weighted by molar-refractivity contribution is 0.0228. The number of hydrogen-bond donors (Lipinski definition) is 1. The molecule has 1 atom stereocenters. The lowest BCUT2D eigenvalue weighted by atomic mass is 9.97. The van der Waals surface area contributed by atoms with Crippen LogP contribution in [0.25, 0.3) is 0 Å². The molecule has 0 aromatic carbocycles. The molecule has 0 amide bonds. The molecule has 0 aromatic rings. The molecule has 0 aliphatic carbocycles. The van der Waals surface area contributed by atoms with Crippen molar-refractivity contribution >= 4 is 0 Å². The number of hydrogen-bond acceptors (Lipinski definition) is 4. The van der Waals surface area contributed by atoms with E-state index < -0.39 is 0 Å². The van der Waals surface area contributed by atoms with Gasteiger partial charge in [-0.25, -0.2) is 0 Å². The van der Waals surface area contributed by atoms with Crippen LogP contribution in [0.15, 0.2) is 0 Å². The van der Waals surface area contributed by atoms with Gasteiger partial charge in [-0.05, 0) is 44.7 Å². The number of morpholine rings is 1. The van der Waals surface area contributed by atoms with E-state index in [-0.39, 0.29) is 0 Å². The minimum absolute atomic E-state index is 0.338. The van der Waals surface area contributed by atoms with E-state index in [1.54, 1.807) is 0 Å². The molecule has 2 rings (SSSR count). The number of piperidine rings is 1. The lowest BCUT2D eigenvalue weighted by Crippen LogP contribution is -2.44. The second kappa shape index (κ2) is 8.10.